The Hall–Kier alpha value is -1.30. The van der Waals surface area contributed by atoms with E-state index < -0.39 is 0 Å². The molecule has 1 heterocycles. The molecule has 0 radical (unpaired) electrons. The van der Waals surface area contributed by atoms with Gasteiger partial charge in [-0.1, -0.05) is 18.7 Å². The van der Waals surface area contributed by atoms with E-state index in [1.807, 2.05) is 20.8 Å². The molecule has 1 rings (SSSR count). The number of anilines is 1. The fraction of sp³-hybridized carbons (Fsp3) is 0.545. The fourth-order valence-electron chi connectivity index (χ4n) is 1.22. The average molecular weight is 254 g/mol. The second-order valence-corrected chi connectivity index (χ2v) is 5.08. The number of carbonyl (C=O) groups excluding carboxylic acids is 1. The van der Waals surface area contributed by atoms with Crippen molar-refractivity contribution in [3.63, 3.8) is 0 Å². The summed E-state index contributed by atoms with van der Waals surface area (Å²) in [6, 6.07) is 1.70. The first-order valence-electron chi connectivity index (χ1n) is 5.58. The Morgan fingerprint density at radius 2 is 2.29 bits per heavy atom. The highest BCUT2D eigenvalue weighted by Gasteiger charge is 2.15. The minimum atomic E-state index is -0.220. The van der Waals surface area contributed by atoms with Crippen molar-refractivity contribution in [2.45, 2.75) is 37.6 Å². The summed E-state index contributed by atoms with van der Waals surface area (Å²) in [6.45, 7) is 6.39. The smallest absolute Gasteiger partial charge is 0.233 e. The number of nitrogen functional groups attached to an aromatic ring is 1. The summed E-state index contributed by atoms with van der Waals surface area (Å²) in [6.07, 6.45) is 0.928. The lowest BCUT2D eigenvalue weighted by Crippen LogP contribution is -2.31. The van der Waals surface area contributed by atoms with Crippen LogP contribution in [0.1, 0.15) is 26.0 Å². The van der Waals surface area contributed by atoms with E-state index in [4.69, 9.17) is 5.73 Å². The van der Waals surface area contributed by atoms with Gasteiger partial charge in [0.15, 0.2) is 5.16 Å². The van der Waals surface area contributed by atoms with E-state index in [-0.39, 0.29) is 11.2 Å². The molecule has 6 heteroatoms. The predicted octanol–water partition coefficient (Wildman–Crippen LogP) is 1.37. The van der Waals surface area contributed by atoms with Gasteiger partial charge < -0.3 is 11.1 Å². The van der Waals surface area contributed by atoms with E-state index >= 15 is 0 Å². The zero-order valence-corrected chi connectivity index (χ0v) is 11.2. The van der Waals surface area contributed by atoms with E-state index in [2.05, 4.69) is 15.3 Å². The molecule has 1 aromatic heterocycles. The SMILES string of the molecule is CCCNC(=O)[C@@H](C)Sc1nc(C)cc(N)n1. The Balaban J connectivity index is 2.60. The summed E-state index contributed by atoms with van der Waals surface area (Å²) in [5, 5.41) is 3.16. The van der Waals surface area contributed by atoms with Crippen molar-refractivity contribution in [1.82, 2.24) is 15.3 Å². The van der Waals surface area contributed by atoms with Gasteiger partial charge in [0.25, 0.3) is 0 Å². The van der Waals surface area contributed by atoms with Crippen LogP contribution in [0.5, 0.6) is 0 Å². The van der Waals surface area contributed by atoms with Gasteiger partial charge in [-0.25, -0.2) is 9.97 Å². The molecule has 0 aromatic carbocycles. The maximum Gasteiger partial charge on any atom is 0.233 e. The monoisotopic (exact) mass is 254 g/mol. The molecule has 5 nitrogen and oxygen atoms in total. The van der Waals surface area contributed by atoms with E-state index in [0.717, 1.165) is 12.1 Å². The third-order valence-electron chi connectivity index (χ3n) is 2.05. The van der Waals surface area contributed by atoms with Gasteiger partial charge in [0.1, 0.15) is 5.82 Å². The van der Waals surface area contributed by atoms with Gasteiger partial charge in [0.2, 0.25) is 5.91 Å². The molecule has 3 N–H and O–H groups in total. The Bertz CT molecular complexity index is 377. The molecule has 0 aliphatic rings. The van der Waals surface area contributed by atoms with Gasteiger partial charge in [-0.2, -0.15) is 0 Å². The maximum atomic E-state index is 11.7. The Kier molecular flexibility index (Phi) is 5.21. The second-order valence-electron chi connectivity index (χ2n) is 3.77. The zero-order chi connectivity index (χ0) is 12.8. The molecule has 1 amide bonds. The molecular formula is C11H18N4OS. The van der Waals surface area contributed by atoms with E-state index in [0.29, 0.717) is 17.5 Å². The molecule has 17 heavy (non-hydrogen) atoms. The molecule has 0 aliphatic carbocycles. The zero-order valence-electron chi connectivity index (χ0n) is 10.4. The Labute approximate surface area is 106 Å². The predicted molar refractivity (Wildman–Crippen MR) is 69.8 cm³/mol. The summed E-state index contributed by atoms with van der Waals surface area (Å²) in [7, 11) is 0. The highest BCUT2D eigenvalue weighted by Crippen LogP contribution is 2.20. The van der Waals surface area contributed by atoms with E-state index in [9.17, 15) is 4.79 Å². The van der Waals surface area contributed by atoms with Crippen molar-refractivity contribution < 1.29 is 4.79 Å². The van der Waals surface area contributed by atoms with Crippen LogP contribution in [-0.2, 0) is 4.79 Å². The molecular weight excluding hydrogens is 236 g/mol. The lowest BCUT2D eigenvalue weighted by atomic mass is 10.4. The van der Waals surface area contributed by atoms with Crippen LogP contribution in [0.3, 0.4) is 0 Å². The lowest BCUT2D eigenvalue weighted by molar-refractivity contribution is -0.120. The Morgan fingerprint density at radius 3 is 2.88 bits per heavy atom. The van der Waals surface area contributed by atoms with Crippen molar-refractivity contribution in [3.8, 4) is 0 Å². The molecule has 1 aromatic rings. The first-order chi connectivity index (χ1) is 8.02. The minimum Gasteiger partial charge on any atom is -0.384 e. The van der Waals surface area contributed by atoms with Gasteiger partial charge in [-0.3, -0.25) is 4.79 Å². The summed E-state index contributed by atoms with van der Waals surface area (Å²) in [4.78, 5) is 20.0. The van der Waals surface area contributed by atoms with E-state index in [1.165, 1.54) is 11.8 Å². The number of hydrogen-bond donors (Lipinski definition) is 2. The standard InChI is InChI=1S/C11H18N4OS/c1-4-5-13-10(16)8(3)17-11-14-7(2)6-9(12)15-11/h6,8H,4-5H2,1-3H3,(H,13,16)(H2,12,14,15)/t8-/m1/s1. The molecule has 0 fully saturated rings. The van der Waals surface area contributed by atoms with Crippen LogP contribution in [0, 0.1) is 6.92 Å². The summed E-state index contributed by atoms with van der Waals surface area (Å²) < 4.78 is 0. The van der Waals surface area contributed by atoms with Gasteiger partial charge >= 0.3 is 0 Å². The van der Waals surface area contributed by atoms with Crippen LogP contribution in [0.15, 0.2) is 11.2 Å². The Morgan fingerprint density at radius 1 is 1.59 bits per heavy atom. The molecule has 94 valence electrons. The molecule has 0 unspecified atom stereocenters. The summed E-state index contributed by atoms with van der Waals surface area (Å²) in [5.74, 6) is 0.432. The van der Waals surface area contributed by atoms with Gasteiger partial charge in [-0.15, -0.1) is 0 Å². The van der Waals surface area contributed by atoms with Crippen LogP contribution in [0.4, 0.5) is 5.82 Å². The minimum absolute atomic E-state index is 0.000488. The lowest BCUT2D eigenvalue weighted by Gasteiger charge is -2.10. The van der Waals surface area contributed by atoms with Crippen LogP contribution in [0.2, 0.25) is 0 Å². The van der Waals surface area contributed by atoms with Crippen LogP contribution >= 0.6 is 11.8 Å². The number of hydrogen-bond acceptors (Lipinski definition) is 5. The highest BCUT2D eigenvalue weighted by atomic mass is 32.2. The summed E-state index contributed by atoms with van der Waals surface area (Å²) >= 11 is 1.32. The first kappa shape index (κ1) is 13.8. The molecule has 0 aliphatic heterocycles. The number of amides is 1. The third-order valence-corrected chi connectivity index (χ3v) is 3.02. The largest absolute Gasteiger partial charge is 0.384 e. The second kappa shape index (κ2) is 6.44. The average Bonchev–Trinajstić information content (AvgIpc) is 2.24. The number of carbonyl (C=O) groups is 1. The topological polar surface area (TPSA) is 80.9 Å². The van der Waals surface area contributed by atoms with Crippen molar-refractivity contribution >= 4 is 23.5 Å². The van der Waals surface area contributed by atoms with Gasteiger partial charge in [0, 0.05) is 18.3 Å². The van der Waals surface area contributed by atoms with Crippen molar-refractivity contribution in [2.24, 2.45) is 0 Å². The molecule has 0 saturated heterocycles. The number of nitrogens with zero attached hydrogens (tertiary/aromatic N) is 2. The van der Waals surface area contributed by atoms with Crippen LogP contribution in [-0.4, -0.2) is 27.7 Å². The van der Waals surface area contributed by atoms with Crippen molar-refractivity contribution in [2.75, 3.05) is 12.3 Å². The number of nitrogens with one attached hydrogen (secondary N) is 1. The first-order valence-corrected chi connectivity index (χ1v) is 6.46. The molecule has 0 spiro atoms. The molecule has 1 atom stereocenters. The number of aromatic nitrogens is 2. The highest BCUT2D eigenvalue weighted by molar-refractivity contribution is 8.00. The number of nitrogens with two attached hydrogens (primary N) is 1. The summed E-state index contributed by atoms with van der Waals surface area (Å²) in [5.41, 5.74) is 6.43. The van der Waals surface area contributed by atoms with E-state index in [1.54, 1.807) is 6.07 Å². The van der Waals surface area contributed by atoms with Gasteiger partial charge in [-0.05, 0) is 20.3 Å². The normalized spacial score (nSPS) is 12.2. The number of thioether (sulfide) groups is 1. The number of aryl methyl sites for hydroxylation is 1. The van der Waals surface area contributed by atoms with Crippen molar-refractivity contribution in [3.05, 3.63) is 11.8 Å². The molecule has 0 bridgehead atoms. The molecule has 0 saturated carbocycles. The van der Waals surface area contributed by atoms with Crippen LogP contribution < -0.4 is 11.1 Å². The van der Waals surface area contributed by atoms with Crippen molar-refractivity contribution in [1.29, 1.82) is 0 Å². The quantitative estimate of drug-likeness (QED) is 0.613. The fourth-order valence-corrected chi connectivity index (χ4v) is 2.08. The van der Waals surface area contributed by atoms with Crippen LogP contribution in [0.25, 0.3) is 0 Å². The van der Waals surface area contributed by atoms with Gasteiger partial charge in [0.05, 0.1) is 5.25 Å². The maximum absolute atomic E-state index is 11.7. The third kappa shape index (κ3) is 4.60. The number of rotatable bonds is 5.